The van der Waals surface area contributed by atoms with E-state index < -0.39 is 0 Å². The number of hydrogen-bond acceptors (Lipinski definition) is 6. The zero-order valence-corrected chi connectivity index (χ0v) is 35.0. The van der Waals surface area contributed by atoms with Crippen molar-refractivity contribution in [2.45, 2.75) is 207 Å². The highest BCUT2D eigenvalue weighted by Gasteiger charge is 2.13. The van der Waals surface area contributed by atoms with Gasteiger partial charge < -0.3 is 19.1 Å². The summed E-state index contributed by atoms with van der Waals surface area (Å²) in [4.78, 5) is 27.1. The molecule has 1 aliphatic rings. The van der Waals surface area contributed by atoms with Gasteiger partial charge in [0.25, 0.3) is 0 Å². The number of nitrogens with zero attached hydrogens (tertiary/aromatic N) is 1. The van der Waals surface area contributed by atoms with Crippen molar-refractivity contribution in [1.82, 2.24) is 4.90 Å². The van der Waals surface area contributed by atoms with E-state index in [9.17, 15) is 9.59 Å². The fourth-order valence-electron chi connectivity index (χ4n) is 7.26. The lowest BCUT2D eigenvalue weighted by Gasteiger charge is -2.19. The predicted molar refractivity (Wildman–Crippen MR) is 222 cm³/mol. The van der Waals surface area contributed by atoms with Crippen LogP contribution in [-0.2, 0) is 23.8 Å². The zero-order chi connectivity index (χ0) is 38.5. The molecule has 0 radical (unpaired) electrons. The van der Waals surface area contributed by atoms with Crippen LogP contribution in [0.1, 0.15) is 201 Å². The number of esters is 2. The van der Waals surface area contributed by atoms with Crippen molar-refractivity contribution in [3.63, 3.8) is 0 Å². The molecular weight excluding hydrogens is 659 g/mol. The predicted octanol–water partition coefficient (Wildman–Crippen LogP) is 12.6. The number of carbonyl (C=O) groups is 2. The van der Waals surface area contributed by atoms with Gasteiger partial charge in [-0.25, -0.2) is 0 Å². The van der Waals surface area contributed by atoms with E-state index in [1.807, 2.05) is 6.08 Å². The Morgan fingerprint density at radius 1 is 0.642 bits per heavy atom. The number of unbranched alkanes of at least 4 members (excludes halogenated alkanes) is 13. The Kier molecular flexibility index (Phi) is 34.1. The fourth-order valence-corrected chi connectivity index (χ4v) is 7.26. The summed E-state index contributed by atoms with van der Waals surface area (Å²) < 4.78 is 17.5. The first-order chi connectivity index (χ1) is 26.0. The Balaban J connectivity index is 2.22. The Labute approximate surface area is 327 Å². The molecule has 1 fully saturated rings. The number of likely N-dealkylation sites (tertiary alicyclic amines) is 1. The number of hydrogen-bond donors (Lipinski definition) is 0. The molecule has 0 saturated carbocycles. The highest BCUT2D eigenvalue weighted by atomic mass is 16.5. The molecule has 53 heavy (non-hydrogen) atoms. The largest absolute Gasteiger partial charge is 0.466 e. The van der Waals surface area contributed by atoms with Gasteiger partial charge in [-0.15, -0.1) is 0 Å². The van der Waals surface area contributed by atoms with Crippen LogP contribution in [0.3, 0.4) is 0 Å². The molecule has 0 aromatic heterocycles. The average Bonchev–Trinajstić information content (AvgIpc) is 3.67. The highest BCUT2D eigenvalue weighted by Crippen LogP contribution is 2.19. The third-order valence-corrected chi connectivity index (χ3v) is 10.8. The van der Waals surface area contributed by atoms with E-state index in [1.165, 1.54) is 116 Å². The molecule has 306 valence electrons. The van der Waals surface area contributed by atoms with E-state index in [4.69, 9.17) is 14.2 Å². The summed E-state index contributed by atoms with van der Waals surface area (Å²) in [6, 6.07) is 0. The van der Waals surface area contributed by atoms with Gasteiger partial charge in [0.2, 0.25) is 0 Å². The van der Waals surface area contributed by atoms with Crippen LogP contribution in [0, 0.1) is 11.8 Å². The van der Waals surface area contributed by atoms with Crippen LogP contribution < -0.4 is 0 Å². The van der Waals surface area contributed by atoms with E-state index in [1.54, 1.807) is 0 Å². The van der Waals surface area contributed by atoms with Gasteiger partial charge in [0.15, 0.2) is 0 Å². The van der Waals surface area contributed by atoms with Crippen LogP contribution in [-0.4, -0.2) is 62.4 Å². The molecule has 0 amide bonds. The molecule has 1 rings (SSSR count). The molecule has 3 unspecified atom stereocenters. The summed E-state index contributed by atoms with van der Waals surface area (Å²) in [6.07, 6.45) is 33.5. The summed E-state index contributed by atoms with van der Waals surface area (Å²) in [6.45, 7) is 15.9. The first kappa shape index (κ1) is 49.0. The van der Waals surface area contributed by atoms with Crippen LogP contribution in [0.15, 0.2) is 29.8 Å². The number of rotatable bonds is 37. The van der Waals surface area contributed by atoms with Crippen molar-refractivity contribution in [2.75, 3.05) is 39.5 Å². The van der Waals surface area contributed by atoms with E-state index in [0.717, 1.165) is 77.2 Å². The molecule has 0 aliphatic carbocycles. The first-order valence-corrected chi connectivity index (χ1v) is 22.5. The van der Waals surface area contributed by atoms with Gasteiger partial charge in [-0.1, -0.05) is 129 Å². The van der Waals surface area contributed by atoms with Gasteiger partial charge in [-0.05, 0) is 120 Å². The minimum atomic E-state index is -0.0703. The summed E-state index contributed by atoms with van der Waals surface area (Å²) in [5.74, 6) is 0.898. The van der Waals surface area contributed by atoms with Gasteiger partial charge in [0.1, 0.15) is 0 Å². The van der Waals surface area contributed by atoms with Gasteiger partial charge in [-0.2, -0.15) is 0 Å². The van der Waals surface area contributed by atoms with E-state index in [0.29, 0.717) is 44.0 Å². The van der Waals surface area contributed by atoms with Crippen molar-refractivity contribution < 1.29 is 23.8 Å². The van der Waals surface area contributed by atoms with Crippen molar-refractivity contribution in [2.24, 2.45) is 11.8 Å². The van der Waals surface area contributed by atoms with Crippen LogP contribution in [0.25, 0.3) is 0 Å². The summed E-state index contributed by atoms with van der Waals surface area (Å²) in [7, 11) is 0. The Bertz CT molecular complexity index is 987. The normalized spacial score (nSPS) is 14.5. The SMILES string of the molecule is C=C=C=C=CC(CCCCC)CCOC(=O)CCCCCCCC(CCCCCCCC(=O)OCCC(C)CCCCC)OCCCCN1CCCC1. The summed E-state index contributed by atoms with van der Waals surface area (Å²) in [5, 5.41) is 0. The molecule has 1 saturated heterocycles. The summed E-state index contributed by atoms with van der Waals surface area (Å²) in [5.41, 5.74) is 8.41. The molecule has 0 N–H and O–H groups in total. The molecule has 3 atom stereocenters. The molecule has 6 nitrogen and oxygen atoms in total. The van der Waals surface area contributed by atoms with Gasteiger partial charge in [0, 0.05) is 19.4 Å². The maximum absolute atomic E-state index is 12.3. The first-order valence-electron chi connectivity index (χ1n) is 22.5. The smallest absolute Gasteiger partial charge is 0.305 e. The number of allylic oxidation sites excluding steroid dienone is 1. The van der Waals surface area contributed by atoms with Crippen molar-refractivity contribution in [3.05, 3.63) is 29.8 Å². The lowest BCUT2D eigenvalue weighted by Crippen LogP contribution is -2.21. The molecule has 1 heterocycles. The Morgan fingerprint density at radius 3 is 1.79 bits per heavy atom. The van der Waals surface area contributed by atoms with Crippen molar-refractivity contribution in [3.8, 4) is 0 Å². The fraction of sp³-hybridized carbons (Fsp3) is 0.851. The second kappa shape index (κ2) is 36.9. The maximum atomic E-state index is 12.3. The Hall–Kier alpha value is -2.06. The molecule has 1 aliphatic heterocycles. The molecule has 0 bridgehead atoms. The molecule has 0 aromatic rings. The van der Waals surface area contributed by atoms with E-state index in [-0.39, 0.29) is 11.9 Å². The van der Waals surface area contributed by atoms with Crippen LogP contribution in [0.5, 0.6) is 0 Å². The lowest BCUT2D eigenvalue weighted by atomic mass is 9.98. The van der Waals surface area contributed by atoms with E-state index >= 15 is 0 Å². The standard InChI is InChI=1S/C47H83NO5/c1-5-8-17-28-43(4)35-41-52-46(49)33-22-15-11-13-20-31-45(51-40-27-26-39-48-37-24-25-38-48)32-21-14-12-16-23-34-47(50)53-42-36-44(29-18-9-6-2)30-19-10-7-3/h29,43-45H,2,5,7-8,10-17,19-28,30-42H2,1,3-4H3. The lowest BCUT2D eigenvalue weighted by molar-refractivity contribution is -0.145. The van der Waals surface area contributed by atoms with Gasteiger partial charge in [-0.3, -0.25) is 9.59 Å². The Morgan fingerprint density at radius 2 is 1.19 bits per heavy atom. The number of ether oxygens (including phenoxy) is 3. The monoisotopic (exact) mass is 742 g/mol. The van der Waals surface area contributed by atoms with Crippen molar-refractivity contribution in [1.29, 1.82) is 0 Å². The highest BCUT2D eigenvalue weighted by molar-refractivity contribution is 5.69. The van der Waals surface area contributed by atoms with E-state index in [2.05, 4.69) is 49.4 Å². The zero-order valence-electron chi connectivity index (χ0n) is 35.0. The minimum absolute atomic E-state index is 0.0229. The number of carbonyl (C=O) groups excluding carboxylic acids is 2. The van der Waals surface area contributed by atoms with Crippen LogP contribution in [0.4, 0.5) is 0 Å². The minimum Gasteiger partial charge on any atom is -0.466 e. The summed E-state index contributed by atoms with van der Waals surface area (Å²) >= 11 is 0. The second-order valence-corrected chi connectivity index (χ2v) is 15.8. The second-order valence-electron chi connectivity index (χ2n) is 15.8. The molecule has 0 spiro atoms. The average molecular weight is 742 g/mol. The third kappa shape index (κ3) is 31.9. The molecule has 0 aromatic carbocycles. The topological polar surface area (TPSA) is 65.1 Å². The van der Waals surface area contributed by atoms with Crippen LogP contribution in [0.2, 0.25) is 0 Å². The van der Waals surface area contributed by atoms with Crippen LogP contribution >= 0.6 is 0 Å². The van der Waals surface area contributed by atoms with Gasteiger partial charge in [0.05, 0.1) is 19.3 Å². The molecular formula is C47H83NO5. The quantitative estimate of drug-likeness (QED) is 0.0359. The maximum Gasteiger partial charge on any atom is 0.305 e. The van der Waals surface area contributed by atoms with Gasteiger partial charge >= 0.3 is 11.9 Å². The third-order valence-electron chi connectivity index (χ3n) is 10.8. The molecule has 6 heteroatoms. The van der Waals surface area contributed by atoms with Crippen molar-refractivity contribution >= 4 is 11.9 Å².